The third-order valence-electron chi connectivity index (χ3n) is 10.4. The van der Waals surface area contributed by atoms with E-state index in [1.54, 1.807) is 0 Å². The minimum Gasteiger partial charge on any atom is -0.480 e. The van der Waals surface area contributed by atoms with E-state index in [0.29, 0.717) is 22.5 Å². The number of carbonyl (C=O) groups is 1. The van der Waals surface area contributed by atoms with Gasteiger partial charge in [0.05, 0.1) is 15.4 Å². The van der Waals surface area contributed by atoms with Crippen molar-refractivity contribution in [3.05, 3.63) is 87.3 Å². The van der Waals surface area contributed by atoms with Crippen LogP contribution in [0, 0.1) is 6.92 Å². The monoisotopic (exact) mass is 602 g/mol. The molecule has 2 bridgehead atoms. The van der Waals surface area contributed by atoms with Gasteiger partial charge in [-0.2, -0.15) is 0 Å². The Balaban J connectivity index is 1.08. The highest BCUT2D eigenvalue weighted by atomic mass is 35.5. The van der Waals surface area contributed by atoms with Crippen LogP contribution in [-0.4, -0.2) is 62.1 Å². The molecule has 0 amide bonds. The van der Waals surface area contributed by atoms with Crippen molar-refractivity contribution >= 4 is 39.9 Å². The van der Waals surface area contributed by atoms with Gasteiger partial charge in [-0.25, -0.2) is 4.98 Å². The molecule has 3 aliphatic rings. The Morgan fingerprint density at radius 3 is 2.36 bits per heavy atom. The summed E-state index contributed by atoms with van der Waals surface area (Å²) in [5, 5.41) is 10.1. The second-order valence-electron chi connectivity index (χ2n) is 12.6. The molecule has 8 heteroatoms. The molecular formula is C34H39ClN4O2S. The van der Waals surface area contributed by atoms with Crippen LogP contribution in [-0.2, 0) is 10.2 Å². The van der Waals surface area contributed by atoms with Crippen molar-refractivity contribution in [2.24, 2.45) is 0 Å². The first-order valence-corrected chi connectivity index (χ1v) is 16.6. The molecular weight excluding hydrogens is 564 g/mol. The Morgan fingerprint density at radius 1 is 1.00 bits per heavy atom. The van der Waals surface area contributed by atoms with Gasteiger partial charge in [-0.05, 0) is 93.7 Å². The molecule has 6 nitrogen and oxygen atoms in total. The SMILES string of the molecule is Cc1nc2ccccc2n1C1CC2CCC(C1)N2CCC1(c2ccccc2)CCN(C(C(=O)O)c2ccc(Cl)s2)CC1. The number of hydrogen-bond donors (Lipinski definition) is 1. The van der Waals surface area contributed by atoms with Crippen LogP contribution >= 0.6 is 22.9 Å². The fraction of sp³-hybridized carbons (Fsp3) is 0.471. The summed E-state index contributed by atoms with van der Waals surface area (Å²) in [5.41, 5.74) is 3.83. The lowest BCUT2D eigenvalue weighted by atomic mass is 9.70. The molecule has 5 heterocycles. The number of rotatable bonds is 8. The van der Waals surface area contributed by atoms with Crippen LogP contribution in [0.4, 0.5) is 0 Å². The Labute approximate surface area is 256 Å². The number of carboxylic acid groups (broad SMARTS) is 1. The number of aromatic nitrogens is 2. The maximum atomic E-state index is 12.4. The van der Waals surface area contributed by atoms with Crippen molar-refractivity contribution in [1.29, 1.82) is 0 Å². The van der Waals surface area contributed by atoms with Crippen molar-refractivity contribution in [2.75, 3.05) is 19.6 Å². The van der Waals surface area contributed by atoms with Crippen LogP contribution in [0.15, 0.2) is 66.7 Å². The van der Waals surface area contributed by atoms with Crippen molar-refractivity contribution in [1.82, 2.24) is 19.4 Å². The molecule has 2 aromatic carbocycles. The number of aryl methyl sites for hydroxylation is 1. The lowest BCUT2D eigenvalue weighted by Crippen LogP contribution is -2.49. The highest BCUT2D eigenvalue weighted by Crippen LogP contribution is 2.46. The first-order chi connectivity index (χ1) is 20.4. The van der Waals surface area contributed by atoms with Crippen molar-refractivity contribution < 1.29 is 9.90 Å². The number of imidazole rings is 1. The van der Waals surface area contributed by atoms with E-state index in [1.165, 1.54) is 48.1 Å². The smallest absolute Gasteiger partial charge is 0.326 e. The summed E-state index contributed by atoms with van der Waals surface area (Å²) < 4.78 is 3.15. The molecule has 0 aliphatic carbocycles. The molecule has 3 aliphatic heterocycles. The number of aliphatic carboxylic acids is 1. The highest BCUT2D eigenvalue weighted by molar-refractivity contribution is 7.16. The molecule has 42 heavy (non-hydrogen) atoms. The van der Waals surface area contributed by atoms with Gasteiger partial charge in [0, 0.05) is 36.1 Å². The average Bonchev–Trinajstić information content (AvgIpc) is 3.64. The summed E-state index contributed by atoms with van der Waals surface area (Å²) in [6, 6.07) is 24.3. The van der Waals surface area contributed by atoms with E-state index in [4.69, 9.17) is 16.6 Å². The molecule has 1 N–H and O–H groups in total. The molecule has 0 saturated carbocycles. The Bertz CT molecular complexity index is 1550. The molecule has 220 valence electrons. The number of fused-ring (bicyclic) bond motifs is 3. The van der Waals surface area contributed by atoms with Gasteiger partial charge in [-0.1, -0.05) is 54.1 Å². The second-order valence-corrected chi connectivity index (χ2v) is 14.3. The van der Waals surface area contributed by atoms with Crippen LogP contribution in [0.5, 0.6) is 0 Å². The Kier molecular flexibility index (Phi) is 7.63. The molecule has 7 rings (SSSR count). The summed E-state index contributed by atoms with van der Waals surface area (Å²) in [6.07, 6.45) is 7.97. The van der Waals surface area contributed by atoms with E-state index in [9.17, 15) is 9.90 Å². The largest absolute Gasteiger partial charge is 0.480 e. The second kappa shape index (κ2) is 11.4. The predicted molar refractivity (Wildman–Crippen MR) is 170 cm³/mol. The van der Waals surface area contributed by atoms with Gasteiger partial charge in [-0.3, -0.25) is 14.6 Å². The molecule has 3 saturated heterocycles. The molecule has 0 radical (unpaired) electrons. The third kappa shape index (κ3) is 5.08. The standard InChI is InChI=1S/C34H39ClN4O2S/c1-23-36-28-9-5-6-10-29(28)39(23)27-21-25-11-12-26(22-27)38(25)20-17-34(24-7-3-2-4-8-24)15-18-37(19-16-34)32(33(40)41)30-13-14-31(35)42-30/h2-10,13-14,25-27,32H,11-12,15-22H2,1H3,(H,40,41). The summed E-state index contributed by atoms with van der Waals surface area (Å²) in [7, 11) is 0. The summed E-state index contributed by atoms with van der Waals surface area (Å²) in [4.78, 5) is 23.0. The van der Waals surface area contributed by atoms with Crippen molar-refractivity contribution in [2.45, 2.75) is 81.5 Å². The lowest BCUT2D eigenvalue weighted by molar-refractivity contribution is -0.144. The first-order valence-electron chi connectivity index (χ1n) is 15.4. The quantitative estimate of drug-likeness (QED) is 0.227. The Morgan fingerprint density at radius 2 is 1.69 bits per heavy atom. The minimum atomic E-state index is -0.791. The number of carboxylic acids is 1. The zero-order chi connectivity index (χ0) is 28.8. The fourth-order valence-corrected chi connectivity index (χ4v) is 9.60. The topological polar surface area (TPSA) is 61.6 Å². The summed E-state index contributed by atoms with van der Waals surface area (Å²) in [5.74, 6) is 0.342. The van der Waals surface area contributed by atoms with Gasteiger partial charge in [-0.15, -0.1) is 11.3 Å². The van der Waals surface area contributed by atoms with E-state index in [-0.39, 0.29) is 5.41 Å². The van der Waals surface area contributed by atoms with E-state index in [0.717, 1.165) is 55.1 Å². The zero-order valence-electron chi connectivity index (χ0n) is 24.2. The van der Waals surface area contributed by atoms with Gasteiger partial charge in [0.2, 0.25) is 0 Å². The van der Waals surface area contributed by atoms with Gasteiger partial charge < -0.3 is 9.67 Å². The summed E-state index contributed by atoms with van der Waals surface area (Å²) in [6.45, 7) is 4.79. The van der Waals surface area contributed by atoms with Crippen molar-refractivity contribution in [3.8, 4) is 0 Å². The number of thiophene rings is 1. The van der Waals surface area contributed by atoms with Crippen LogP contribution in [0.25, 0.3) is 11.0 Å². The van der Waals surface area contributed by atoms with E-state index >= 15 is 0 Å². The number of piperidine rings is 2. The van der Waals surface area contributed by atoms with E-state index in [1.807, 2.05) is 12.1 Å². The van der Waals surface area contributed by atoms with Gasteiger partial charge in [0.15, 0.2) is 0 Å². The van der Waals surface area contributed by atoms with Crippen LogP contribution in [0.3, 0.4) is 0 Å². The first kappa shape index (κ1) is 28.1. The molecule has 3 unspecified atom stereocenters. The van der Waals surface area contributed by atoms with E-state index < -0.39 is 12.0 Å². The summed E-state index contributed by atoms with van der Waals surface area (Å²) >= 11 is 7.57. The minimum absolute atomic E-state index is 0.0569. The van der Waals surface area contributed by atoms with Crippen LogP contribution in [0.1, 0.15) is 73.3 Å². The number of nitrogens with zero attached hydrogens (tertiary/aromatic N) is 4. The number of benzene rings is 2. The van der Waals surface area contributed by atoms with Crippen LogP contribution in [0.2, 0.25) is 4.34 Å². The number of halogens is 1. The molecule has 3 fully saturated rings. The Hall–Kier alpha value is -2.71. The number of hydrogen-bond acceptors (Lipinski definition) is 5. The predicted octanol–water partition coefficient (Wildman–Crippen LogP) is 7.48. The number of para-hydroxylation sites is 2. The fourth-order valence-electron chi connectivity index (χ4n) is 8.41. The molecule has 2 aromatic heterocycles. The van der Waals surface area contributed by atoms with E-state index in [2.05, 4.69) is 75.9 Å². The van der Waals surface area contributed by atoms with Crippen LogP contribution < -0.4 is 0 Å². The lowest BCUT2D eigenvalue weighted by Gasteiger charge is -2.46. The van der Waals surface area contributed by atoms with Gasteiger partial charge >= 0.3 is 5.97 Å². The highest BCUT2D eigenvalue weighted by Gasteiger charge is 2.45. The molecule has 3 atom stereocenters. The number of likely N-dealkylation sites (tertiary alicyclic amines) is 1. The molecule has 4 aromatic rings. The van der Waals surface area contributed by atoms with Gasteiger partial charge in [0.1, 0.15) is 11.9 Å². The normalized spacial score (nSPS) is 25.1. The third-order valence-corrected chi connectivity index (χ3v) is 11.7. The maximum absolute atomic E-state index is 12.4. The molecule has 0 spiro atoms. The van der Waals surface area contributed by atoms with Gasteiger partial charge in [0.25, 0.3) is 0 Å². The zero-order valence-corrected chi connectivity index (χ0v) is 25.7. The maximum Gasteiger partial charge on any atom is 0.326 e. The average molecular weight is 603 g/mol. The van der Waals surface area contributed by atoms with Crippen molar-refractivity contribution in [3.63, 3.8) is 0 Å².